The van der Waals surface area contributed by atoms with Crippen LogP contribution in [-0.4, -0.2) is 48.7 Å². The SMILES string of the molecule is O=C(CSc1nnc(Cn2cnc3ccccc32)n1-c1ccccc1Cl)NCC(F)(F)F. The lowest BCUT2D eigenvalue weighted by atomic mass is 10.3. The lowest BCUT2D eigenvalue weighted by Gasteiger charge is -2.13. The standard InChI is InChI=1S/C20H16ClF3N6OS/c21-13-5-1-3-7-15(13)30-17(9-29-12-26-14-6-2-4-8-16(14)29)27-28-19(30)32-10-18(31)25-11-20(22,23)24/h1-8,12H,9-11H2,(H,25,31). The maximum Gasteiger partial charge on any atom is 0.405 e. The fourth-order valence-electron chi connectivity index (χ4n) is 3.04. The molecule has 1 N–H and O–H groups in total. The van der Waals surface area contributed by atoms with E-state index in [0.717, 1.165) is 22.8 Å². The second-order valence-corrected chi connectivity index (χ2v) is 8.08. The second kappa shape index (κ2) is 9.21. The monoisotopic (exact) mass is 480 g/mol. The minimum Gasteiger partial charge on any atom is -0.346 e. The number of nitrogens with zero attached hydrogens (tertiary/aromatic N) is 5. The summed E-state index contributed by atoms with van der Waals surface area (Å²) in [6.45, 7) is -1.07. The molecule has 7 nitrogen and oxygen atoms in total. The third kappa shape index (κ3) is 5.05. The molecule has 0 aliphatic carbocycles. The Morgan fingerprint density at radius 3 is 2.62 bits per heavy atom. The van der Waals surface area contributed by atoms with Crippen molar-refractivity contribution >= 4 is 40.3 Å². The summed E-state index contributed by atoms with van der Waals surface area (Å²) in [7, 11) is 0. The first-order valence-corrected chi connectivity index (χ1v) is 10.7. The van der Waals surface area contributed by atoms with E-state index >= 15 is 0 Å². The molecule has 0 aliphatic rings. The van der Waals surface area contributed by atoms with Gasteiger partial charge in [-0.15, -0.1) is 10.2 Å². The molecule has 4 aromatic rings. The van der Waals surface area contributed by atoms with Crippen molar-refractivity contribution in [2.45, 2.75) is 17.9 Å². The lowest BCUT2D eigenvalue weighted by molar-refractivity contribution is -0.136. The first-order chi connectivity index (χ1) is 15.3. The van der Waals surface area contributed by atoms with Crippen molar-refractivity contribution in [3.05, 3.63) is 65.7 Å². The maximum absolute atomic E-state index is 12.3. The minimum absolute atomic E-state index is 0.257. The Morgan fingerprint density at radius 1 is 1.09 bits per heavy atom. The number of thioether (sulfide) groups is 1. The predicted octanol–water partition coefficient (Wildman–Crippen LogP) is 4.09. The molecule has 12 heteroatoms. The topological polar surface area (TPSA) is 77.6 Å². The van der Waals surface area contributed by atoms with Gasteiger partial charge in [0.2, 0.25) is 5.91 Å². The van der Waals surface area contributed by atoms with Gasteiger partial charge in [0.1, 0.15) is 6.54 Å². The number of nitrogens with one attached hydrogen (secondary N) is 1. The Labute approximate surface area is 189 Å². The minimum atomic E-state index is -4.47. The van der Waals surface area contributed by atoms with Gasteiger partial charge in [-0.25, -0.2) is 4.98 Å². The van der Waals surface area contributed by atoms with Crippen LogP contribution in [0.1, 0.15) is 5.82 Å². The molecule has 0 fully saturated rings. The van der Waals surface area contributed by atoms with Crippen LogP contribution in [0, 0.1) is 0 Å². The summed E-state index contributed by atoms with van der Waals surface area (Å²) in [5.74, 6) is -0.491. The van der Waals surface area contributed by atoms with E-state index in [1.54, 1.807) is 35.2 Å². The van der Waals surface area contributed by atoms with E-state index in [1.807, 2.05) is 34.1 Å². The van der Waals surface area contributed by atoms with Crippen molar-refractivity contribution in [3.63, 3.8) is 0 Å². The highest BCUT2D eigenvalue weighted by atomic mass is 35.5. The summed E-state index contributed by atoms with van der Waals surface area (Å²) < 4.78 is 40.6. The molecule has 0 aliphatic heterocycles. The molecule has 0 spiro atoms. The smallest absolute Gasteiger partial charge is 0.346 e. The number of hydrogen-bond donors (Lipinski definition) is 1. The van der Waals surface area contributed by atoms with Crippen molar-refractivity contribution in [1.29, 1.82) is 0 Å². The van der Waals surface area contributed by atoms with Gasteiger partial charge in [0.05, 0.1) is 40.4 Å². The summed E-state index contributed by atoms with van der Waals surface area (Å²) in [4.78, 5) is 16.2. The maximum atomic E-state index is 12.3. The largest absolute Gasteiger partial charge is 0.405 e. The molecule has 0 bridgehead atoms. The van der Waals surface area contributed by atoms with E-state index in [-0.39, 0.29) is 5.75 Å². The van der Waals surface area contributed by atoms with Crippen LogP contribution in [0.3, 0.4) is 0 Å². The Bertz CT molecular complexity index is 1260. The van der Waals surface area contributed by atoms with Crippen molar-refractivity contribution in [2.75, 3.05) is 12.3 Å². The molecule has 2 aromatic carbocycles. The Hall–Kier alpha value is -3.05. The predicted molar refractivity (Wildman–Crippen MR) is 115 cm³/mol. The zero-order chi connectivity index (χ0) is 22.7. The van der Waals surface area contributed by atoms with Gasteiger partial charge in [-0.3, -0.25) is 9.36 Å². The molecule has 0 saturated heterocycles. The first kappa shape index (κ1) is 22.2. The number of imidazole rings is 1. The van der Waals surface area contributed by atoms with Crippen LogP contribution in [0.4, 0.5) is 13.2 Å². The summed E-state index contributed by atoms with van der Waals surface area (Å²) in [5.41, 5.74) is 2.32. The molecule has 166 valence electrons. The fraction of sp³-hybridized carbons (Fsp3) is 0.200. The van der Waals surface area contributed by atoms with Gasteiger partial charge in [0, 0.05) is 0 Å². The molecule has 4 rings (SSSR count). The van der Waals surface area contributed by atoms with E-state index in [4.69, 9.17) is 11.6 Å². The van der Waals surface area contributed by atoms with Crippen molar-refractivity contribution in [2.24, 2.45) is 0 Å². The normalized spacial score (nSPS) is 11.8. The average molecular weight is 481 g/mol. The van der Waals surface area contributed by atoms with Crippen molar-refractivity contribution in [3.8, 4) is 5.69 Å². The summed E-state index contributed by atoms with van der Waals surface area (Å²) in [6.07, 6.45) is -2.79. The Kier molecular flexibility index (Phi) is 6.38. The molecule has 0 radical (unpaired) electrons. The number of rotatable bonds is 7. The van der Waals surface area contributed by atoms with E-state index in [9.17, 15) is 18.0 Å². The molecular formula is C20H16ClF3N6OS. The zero-order valence-electron chi connectivity index (χ0n) is 16.4. The van der Waals surface area contributed by atoms with Crippen LogP contribution in [0.5, 0.6) is 0 Å². The molecule has 2 heterocycles. The van der Waals surface area contributed by atoms with Crippen LogP contribution in [-0.2, 0) is 11.3 Å². The summed E-state index contributed by atoms with van der Waals surface area (Å²) >= 11 is 7.36. The van der Waals surface area contributed by atoms with Crippen LogP contribution in [0.15, 0.2) is 60.0 Å². The Morgan fingerprint density at radius 2 is 1.84 bits per heavy atom. The number of aromatic nitrogens is 5. The van der Waals surface area contributed by atoms with Crippen LogP contribution in [0.2, 0.25) is 5.02 Å². The van der Waals surface area contributed by atoms with Crippen LogP contribution in [0.25, 0.3) is 16.7 Å². The number of hydrogen-bond acceptors (Lipinski definition) is 5. The number of halogens is 4. The fourth-order valence-corrected chi connectivity index (χ4v) is 4.05. The molecule has 1 amide bonds. The van der Waals surface area contributed by atoms with E-state index in [2.05, 4.69) is 15.2 Å². The van der Waals surface area contributed by atoms with Gasteiger partial charge in [-0.2, -0.15) is 13.2 Å². The number of benzene rings is 2. The molecule has 0 atom stereocenters. The lowest BCUT2D eigenvalue weighted by Crippen LogP contribution is -2.34. The number of carbonyl (C=O) groups is 1. The highest BCUT2D eigenvalue weighted by molar-refractivity contribution is 7.99. The van der Waals surface area contributed by atoms with Gasteiger partial charge in [-0.1, -0.05) is 47.6 Å². The first-order valence-electron chi connectivity index (χ1n) is 9.37. The third-order valence-corrected chi connectivity index (χ3v) is 5.70. The average Bonchev–Trinajstić information content (AvgIpc) is 3.35. The van der Waals surface area contributed by atoms with Crippen molar-refractivity contribution in [1.82, 2.24) is 29.6 Å². The summed E-state index contributed by atoms with van der Waals surface area (Å²) in [5, 5.41) is 11.0. The van der Waals surface area contributed by atoms with Gasteiger partial charge >= 0.3 is 6.18 Å². The second-order valence-electron chi connectivity index (χ2n) is 6.73. The number of carbonyl (C=O) groups excluding carboxylic acids is 1. The number of amides is 1. The molecule has 0 saturated carbocycles. The third-order valence-electron chi connectivity index (χ3n) is 4.45. The molecule has 2 aromatic heterocycles. The van der Waals surface area contributed by atoms with E-state index < -0.39 is 18.6 Å². The van der Waals surface area contributed by atoms with Gasteiger partial charge in [0.25, 0.3) is 0 Å². The molecular weight excluding hydrogens is 465 g/mol. The van der Waals surface area contributed by atoms with Crippen LogP contribution >= 0.6 is 23.4 Å². The highest BCUT2D eigenvalue weighted by Gasteiger charge is 2.28. The van der Waals surface area contributed by atoms with Gasteiger partial charge in [-0.05, 0) is 24.3 Å². The zero-order valence-corrected chi connectivity index (χ0v) is 18.0. The van der Waals surface area contributed by atoms with E-state index in [1.165, 1.54) is 0 Å². The van der Waals surface area contributed by atoms with Crippen LogP contribution < -0.4 is 5.32 Å². The number of fused-ring (bicyclic) bond motifs is 1. The van der Waals surface area contributed by atoms with Crippen molar-refractivity contribution < 1.29 is 18.0 Å². The highest BCUT2D eigenvalue weighted by Crippen LogP contribution is 2.28. The number of alkyl halides is 3. The van der Waals surface area contributed by atoms with E-state index in [0.29, 0.717) is 28.2 Å². The molecule has 32 heavy (non-hydrogen) atoms. The van der Waals surface area contributed by atoms with Gasteiger partial charge < -0.3 is 9.88 Å². The van der Waals surface area contributed by atoms with Gasteiger partial charge in [0.15, 0.2) is 11.0 Å². The summed E-state index contributed by atoms with van der Waals surface area (Å²) in [6, 6.07) is 14.7. The molecule has 0 unspecified atom stereocenters. The quantitative estimate of drug-likeness (QED) is 0.403. The Balaban J connectivity index is 1.62. The number of para-hydroxylation sites is 3.